The molecule has 3 aromatic rings. The van der Waals surface area contributed by atoms with Crippen LogP contribution < -0.4 is 10.1 Å². The number of carbonyl (C=O) groups is 3. The van der Waals surface area contributed by atoms with Crippen molar-refractivity contribution in [3.05, 3.63) is 70.1 Å². The van der Waals surface area contributed by atoms with Gasteiger partial charge in [0.2, 0.25) is 0 Å². The molecule has 5 rings (SSSR count). The van der Waals surface area contributed by atoms with Gasteiger partial charge in [0.15, 0.2) is 11.6 Å². The second-order valence-corrected chi connectivity index (χ2v) is 9.92. The molecule has 1 aliphatic carbocycles. The molecule has 36 heavy (non-hydrogen) atoms. The van der Waals surface area contributed by atoms with Crippen LogP contribution in [0, 0.1) is 5.82 Å². The lowest BCUT2D eigenvalue weighted by atomic mass is 9.93. The van der Waals surface area contributed by atoms with Crippen LogP contribution in [-0.2, 0) is 16.1 Å². The minimum absolute atomic E-state index is 0.0678. The number of ether oxygens (including phenoxy) is 1. The van der Waals surface area contributed by atoms with E-state index in [9.17, 15) is 18.8 Å². The number of benzene rings is 2. The molecular formula is C27H25BrFN3O4. The zero-order chi connectivity index (χ0) is 25.2. The smallest absolute Gasteiger partial charge is 0.331 e. The van der Waals surface area contributed by atoms with Crippen molar-refractivity contribution >= 4 is 50.8 Å². The fourth-order valence-corrected chi connectivity index (χ4v) is 5.27. The van der Waals surface area contributed by atoms with Crippen molar-refractivity contribution in [1.82, 2.24) is 14.8 Å². The number of carbonyl (C=O) groups excluding carboxylic acids is 3. The molecule has 1 saturated carbocycles. The average molecular weight is 554 g/mol. The van der Waals surface area contributed by atoms with Crippen molar-refractivity contribution in [2.75, 3.05) is 6.61 Å². The maximum absolute atomic E-state index is 13.9. The summed E-state index contributed by atoms with van der Waals surface area (Å²) < 4.78 is 22.3. The lowest BCUT2D eigenvalue weighted by molar-refractivity contribution is -0.132. The van der Waals surface area contributed by atoms with E-state index in [-0.39, 0.29) is 24.0 Å². The number of hydrogen-bond acceptors (Lipinski definition) is 4. The summed E-state index contributed by atoms with van der Waals surface area (Å²) in [5.74, 6) is -1.51. The largest absolute Gasteiger partial charge is 0.489 e. The van der Waals surface area contributed by atoms with Crippen molar-refractivity contribution in [3.63, 3.8) is 0 Å². The van der Waals surface area contributed by atoms with E-state index in [0.717, 1.165) is 47.5 Å². The second kappa shape index (κ2) is 10.3. The highest BCUT2D eigenvalue weighted by molar-refractivity contribution is 9.10. The van der Waals surface area contributed by atoms with Crippen LogP contribution >= 0.6 is 15.9 Å². The van der Waals surface area contributed by atoms with Crippen LogP contribution in [0.4, 0.5) is 9.18 Å². The van der Waals surface area contributed by atoms with Gasteiger partial charge in [-0.25, -0.2) is 9.18 Å². The number of nitrogens with one attached hydrogen (secondary N) is 1. The Balaban J connectivity index is 1.45. The van der Waals surface area contributed by atoms with Crippen molar-refractivity contribution in [2.45, 2.75) is 44.7 Å². The van der Waals surface area contributed by atoms with Crippen molar-refractivity contribution in [2.24, 2.45) is 0 Å². The van der Waals surface area contributed by atoms with E-state index < -0.39 is 23.7 Å². The highest BCUT2D eigenvalue weighted by Gasteiger charge is 2.40. The standard InChI is InChI=1S/C27H25BrFN3O4/c28-18-10-11-23-20(15-18)17(16-31(23)12-13-36-24-9-5-4-8-22(24)29)14-21-25(33)30-27(35)32(26(21)34)19-6-2-1-3-7-19/h4-5,8-11,14-16,19H,1-3,6-7,12-13H2,(H,30,33,35)/b21-14+. The van der Waals surface area contributed by atoms with Gasteiger partial charge in [-0.1, -0.05) is 47.3 Å². The molecule has 2 heterocycles. The summed E-state index contributed by atoms with van der Waals surface area (Å²) in [6.07, 6.45) is 7.84. The molecule has 2 fully saturated rings. The van der Waals surface area contributed by atoms with Crippen LogP contribution in [0.2, 0.25) is 0 Å². The molecule has 1 N–H and O–H groups in total. The van der Waals surface area contributed by atoms with Gasteiger partial charge in [-0.15, -0.1) is 0 Å². The molecule has 2 aromatic carbocycles. The quantitative estimate of drug-likeness (QED) is 0.326. The molecule has 0 radical (unpaired) electrons. The lowest BCUT2D eigenvalue weighted by Gasteiger charge is -2.35. The molecule has 0 unspecified atom stereocenters. The van der Waals surface area contributed by atoms with E-state index >= 15 is 0 Å². The minimum Gasteiger partial charge on any atom is -0.489 e. The summed E-state index contributed by atoms with van der Waals surface area (Å²) in [5, 5.41) is 3.16. The maximum atomic E-state index is 13.9. The molecule has 4 amide bonds. The van der Waals surface area contributed by atoms with E-state index in [0.29, 0.717) is 12.1 Å². The monoisotopic (exact) mass is 553 g/mol. The number of urea groups is 1. The van der Waals surface area contributed by atoms with Gasteiger partial charge in [-0.2, -0.15) is 0 Å². The van der Waals surface area contributed by atoms with Crippen LogP contribution in [0.15, 0.2) is 58.7 Å². The Labute approximate surface area is 216 Å². The first-order chi connectivity index (χ1) is 17.4. The third-order valence-electron chi connectivity index (χ3n) is 6.67. The number of barbiturate groups is 1. The fraction of sp³-hybridized carbons (Fsp3) is 0.296. The van der Waals surface area contributed by atoms with E-state index in [1.807, 2.05) is 29.0 Å². The molecule has 9 heteroatoms. The predicted octanol–water partition coefficient (Wildman–Crippen LogP) is 5.42. The Morgan fingerprint density at radius 1 is 1.08 bits per heavy atom. The highest BCUT2D eigenvalue weighted by Crippen LogP contribution is 2.30. The topological polar surface area (TPSA) is 80.6 Å². The van der Waals surface area contributed by atoms with Gasteiger partial charge in [0.05, 0.1) is 6.54 Å². The molecule has 0 bridgehead atoms. The number of amides is 4. The Kier molecular flexibility index (Phi) is 6.91. The molecule has 1 aliphatic heterocycles. The molecule has 1 aromatic heterocycles. The lowest BCUT2D eigenvalue weighted by Crippen LogP contribution is -2.58. The molecular weight excluding hydrogens is 529 g/mol. The van der Waals surface area contributed by atoms with E-state index in [4.69, 9.17) is 4.74 Å². The SMILES string of the molecule is O=C1NC(=O)N(C2CCCCC2)C(=O)/C1=C/c1cn(CCOc2ccccc2F)c2ccc(Br)cc12. The van der Waals surface area contributed by atoms with Gasteiger partial charge in [-0.05, 0) is 49.2 Å². The molecule has 0 spiro atoms. The summed E-state index contributed by atoms with van der Waals surface area (Å²) in [6, 6.07) is 11.1. The highest BCUT2D eigenvalue weighted by atomic mass is 79.9. The summed E-state index contributed by atoms with van der Waals surface area (Å²) in [5.41, 5.74) is 1.46. The second-order valence-electron chi connectivity index (χ2n) is 9.00. The first-order valence-electron chi connectivity index (χ1n) is 12.0. The number of hydrogen-bond donors (Lipinski definition) is 1. The molecule has 1 saturated heterocycles. The average Bonchev–Trinajstić information content (AvgIpc) is 3.20. The Morgan fingerprint density at radius 3 is 2.64 bits per heavy atom. The van der Waals surface area contributed by atoms with Crippen molar-refractivity contribution in [3.8, 4) is 5.75 Å². The third kappa shape index (κ3) is 4.80. The first kappa shape index (κ1) is 24.2. The van der Waals surface area contributed by atoms with Crippen LogP contribution in [0.1, 0.15) is 37.7 Å². The summed E-state index contributed by atoms with van der Waals surface area (Å²) in [7, 11) is 0. The van der Waals surface area contributed by atoms with Gasteiger partial charge in [0.25, 0.3) is 11.8 Å². The number of fused-ring (bicyclic) bond motifs is 1. The van der Waals surface area contributed by atoms with Crippen LogP contribution in [0.3, 0.4) is 0 Å². The number of aromatic nitrogens is 1. The van der Waals surface area contributed by atoms with Gasteiger partial charge >= 0.3 is 6.03 Å². The van der Waals surface area contributed by atoms with Crippen molar-refractivity contribution in [1.29, 1.82) is 0 Å². The Morgan fingerprint density at radius 2 is 1.86 bits per heavy atom. The summed E-state index contributed by atoms with van der Waals surface area (Å²) in [4.78, 5) is 39.8. The van der Waals surface area contributed by atoms with E-state index in [1.165, 1.54) is 11.0 Å². The Hall–Kier alpha value is -3.46. The predicted molar refractivity (Wildman–Crippen MR) is 137 cm³/mol. The van der Waals surface area contributed by atoms with Gasteiger partial charge in [0.1, 0.15) is 12.2 Å². The van der Waals surface area contributed by atoms with Gasteiger partial charge in [-0.3, -0.25) is 19.8 Å². The number of halogens is 2. The number of imide groups is 2. The summed E-state index contributed by atoms with van der Waals surface area (Å²) >= 11 is 3.49. The molecule has 186 valence electrons. The van der Waals surface area contributed by atoms with Crippen LogP contribution in [0.25, 0.3) is 17.0 Å². The van der Waals surface area contributed by atoms with E-state index in [2.05, 4.69) is 21.2 Å². The first-order valence-corrected chi connectivity index (χ1v) is 12.8. The molecule has 7 nitrogen and oxygen atoms in total. The summed E-state index contributed by atoms with van der Waals surface area (Å²) in [6.45, 7) is 0.642. The molecule has 0 atom stereocenters. The Bertz CT molecular complexity index is 1380. The number of rotatable bonds is 6. The van der Waals surface area contributed by atoms with E-state index in [1.54, 1.807) is 24.3 Å². The zero-order valence-electron chi connectivity index (χ0n) is 19.5. The number of para-hydroxylation sites is 1. The normalized spacial score (nSPS) is 18.2. The van der Waals surface area contributed by atoms with Gasteiger partial charge in [0, 0.05) is 33.2 Å². The molecule has 2 aliphatic rings. The zero-order valence-corrected chi connectivity index (χ0v) is 21.1. The van der Waals surface area contributed by atoms with Crippen LogP contribution in [-0.4, -0.2) is 40.0 Å². The van der Waals surface area contributed by atoms with Gasteiger partial charge < -0.3 is 9.30 Å². The van der Waals surface area contributed by atoms with Crippen LogP contribution in [0.5, 0.6) is 5.75 Å². The fourth-order valence-electron chi connectivity index (χ4n) is 4.91. The third-order valence-corrected chi connectivity index (χ3v) is 7.17. The number of nitrogens with zero attached hydrogens (tertiary/aromatic N) is 2. The minimum atomic E-state index is -0.698. The maximum Gasteiger partial charge on any atom is 0.331 e. The van der Waals surface area contributed by atoms with Crippen molar-refractivity contribution < 1.29 is 23.5 Å².